The van der Waals surface area contributed by atoms with Crippen LogP contribution >= 0.6 is 0 Å². The normalized spacial score (nSPS) is 16.6. The molecule has 0 aromatic carbocycles. The number of rotatable bonds is 0. The molecule has 1 saturated heterocycles. The Bertz CT molecular complexity index is 38.7. The summed E-state index contributed by atoms with van der Waals surface area (Å²) in [6.45, 7) is 7.25. The molecule has 1 heteroatoms. The van der Waals surface area contributed by atoms with Crippen LogP contribution < -0.4 is 0 Å². The van der Waals surface area contributed by atoms with Gasteiger partial charge in [-0.05, 0) is 19.8 Å². The summed E-state index contributed by atoms with van der Waals surface area (Å²) in [7, 11) is 0. The first kappa shape index (κ1) is 7.70. The number of ether oxygens (including phenoxy) is 1. The van der Waals surface area contributed by atoms with E-state index in [9.17, 15) is 0 Å². The first-order valence-electron chi connectivity index (χ1n) is 3.06. The highest BCUT2D eigenvalue weighted by Gasteiger charge is 1.94. The van der Waals surface area contributed by atoms with E-state index in [0.717, 1.165) is 13.2 Å². The maximum atomic E-state index is 4.94. The summed E-state index contributed by atoms with van der Waals surface area (Å²) < 4.78 is 4.94. The van der Waals surface area contributed by atoms with Crippen LogP contribution in [0.4, 0.5) is 0 Å². The molecule has 1 heterocycles. The van der Waals surface area contributed by atoms with E-state index in [1.807, 2.05) is 6.92 Å². The maximum absolute atomic E-state index is 4.94. The molecule has 0 N–H and O–H groups in total. The van der Waals surface area contributed by atoms with Crippen molar-refractivity contribution in [1.82, 2.24) is 0 Å². The predicted octanol–water partition coefficient (Wildman–Crippen LogP) is 1.99. The molecule has 48 valence electrons. The summed E-state index contributed by atoms with van der Waals surface area (Å²) in [5.41, 5.74) is 0. The van der Waals surface area contributed by atoms with Crippen LogP contribution in [-0.4, -0.2) is 13.2 Å². The van der Waals surface area contributed by atoms with Crippen molar-refractivity contribution in [1.29, 1.82) is 0 Å². The maximum Gasteiger partial charge on any atom is 0.0466 e. The number of hydrogen-bond acceptors (Lipinski definition) is 1. The molecule has 1 rings (SSSR count). The Morgan fingerprint density at radius 2 is 1.75 bits per heavy atom. The van der Waals surface area contributed by atoms with Crippen LogP contribution in [0, 0.1) is 0 Å². The lowest BCUT2D eigenvalue weighted by atomic mass is 10.4. The molecule has 1 fully saturated rings. The highest BCUT2D eigenvalue weighted by molar-refractivity contribution is 4.51. The lowest BCUT2D eigenvalue weighted by molar-refractivity contribution is 0.198. The minimum atomic E-state index is 1.00. The Labute approximate surface area is 51.4 Å². The van der Waals surface area contributed by atoms with Crippen molar-refractivity contribution >= 4 is 0 Å². The number of hydrogen-bond donors (Lipinski definition) is 0. The standard InChI is InChI=1S/C4H8O.C3H6/c1-2-4-5-3-1;1-3-2/h1-4H2;3H,1H2,2H3. The molecule has 1 nitrogen and oxygen atoms in total. The third-order valence-corrected chi connectivity index (χ3v) is 0.827. The van der Waals surface area contributed by atoms with Gasteiger partial charge < -0.3 is 4.74 Å². The fraction of sp³-hybridized carbons (Fsp3) is 0.714. The van der Waals surface area contributed by atoms with E-state index >= 15 is 0 Å². The van der Waals surface area contributed by atoms with Gasteiger partial charge in [0.2, 0.25) is 0 Å². The lowest BCUT2D eigenvalue weighted by Gasteiger charge is -1.76. The van der Waals surface area contributed by atoms with Gasteiger partial charge in [-0.3, -0.25) is 0 Å². The molecular weight excluding hydrogens is 100 g/mol. The van der Waals surface area contributed by atoms with Crippen LogP contribution in [0.15, 0.2) is 12.7 Å². The second kappa shape index (κ2) is 6.70. The largest absolute Gasteiger partial charge is 0.381 e. The molecule has 0 spiro atoms. The van der Waals surface area contributed by atoms with Gasteiger partial charge in [0.05, 0.1) is 0 Å². The van der Waals surface area contributed by atoms with Crippen LogP contribution in [0.25, 0.3) is 0 Å². The van der Waals surface area contributed by atoms with Crippen molar-refractivity contribution in [3.8, 4) is 0 Å². The Hall–Kier alpha value is -0.300. The molecule has 1 aliphatic heterocycles. The van der Waals surface area contributed by atoms with E-state index in [2.05, 4.69) is 6.58 Å². The topological polar surface area (TPSA) is 9.23 Å². The monoisotopic (exact) mass is 114 g/mol. The third-order valence-electron chi connectivity index (χ3n) is 0.827. The third kappa shape index (κ3) is 5.70. The Morgan fingerprint density at radius 3 is 1.88 bits per heavy atom. The summed E-state index contributed by atoms with van der Waals surface area (Å²) in [4.78, 5) is 0. The van der Waals surface area contributed by atoms with Gasteiger partial charge in [-0.2, -0.15) is 0 Å². The van der Waals surface area contributed by atoms with Gasteiger partial charge in [0.25, 0.3) is 0 Å². The van der Waals surface area contributed by atoms with Crippen LogP contribution in [0.2, 0.25) is 0 Å². The van der Waals surface area contributed by atoms with Crippen LogP contribution in [0.3, 0.4) is 0 Å². The molecule has 0 radical (unpaired) electrons. The molecular formula is C7H14O. The Kier molecular flexibility index (Phi) is 6.45. The van der Waals surface area contributed by atoms with E-state index in [4.69, 9.17) is 4.74 Å². The van der Waals surface area contributed by atoms with Gasteiger partial charge in [0.1, 0.15) is 0 Å². The number of allylic oxidation sites excluding steroid dienone is 1. The summed E-state index contributed by atoms with van der Waals surface area (Å²) in [6, 6.07) is 0. The van der Waals surface area contributed by atoms with Crippen LogP contribution in [0.1, 0.15) is 19.8 Å². The smallest absolute Gasteiger partial charge is 0.0466 e. The molecule has 0 atom stereocenters. The van der Waals surface area contributed by atoms with Crippen molar-refractivity contribution in [2.75, 3.05) is 13.2 Å². The van der Waals surface area contributed by atoms with E-state index in [-0.39, 0.29) is 0 Å². The highest BCUT2D eigenvalue weighted by atomic mass is 16.5. The Morgan fingerprint density at radius 1 is 1.38 bits per heavy atom. The van der Waals surface area contributed by atoms with Gasteiger partial charge >= 0.3 is 0 Å². The van der Waals surface area contributed by atoms with Gasteiger partial charge in [0.15, 0.2) is 0 Å². The first-order chi connectivity index (χ1) is 3.91. The quantitative estimate of drug-likeness (QED) is 0.437. The van der Waals surface area contributed by atoms with E-state index < -0.39 is 0 Å². The SMILES string of the molecule is C1CCOC1.C=CC. The second-order valence-corrected chi connectivity index (χ2v) is 1.73. The van der Waals surface area contributed by atoms with Crippen LogP contribution in [-0.2, 0) is 4.74 Å². The molecule has 0 unspecified atom stereocenters. The minimum absolute atomic E-state index is 1.00. The molecule has 0 aromatic rings. The predicted molar refractivity (Wildman–Crippen MR) is 35.9 cm³/mol. The van der Waals surface area contributed by atoms with Gasteiger partial charge in [-0.25, -0.2) is 0 Å². The summed E-state index contributed by atoms with van der Waals surface area (Å²) >= 11 is 0. The van der Waals surface area contributed by atoms with Crippen molar-refractivity contribution < 1.29 is 4.74 Å². The van der Waals surface area contributed by atoms with Crippen molar-refractivity contribution in [2.45, 2.75) is 19.8 Å². The fourth-order valence-corrected chi connectivity index (χ4v) is 0.510. The second-order valence-electron chi connectivity index (χ2n) is 1.73. The highest BCUT2D eigenvalue weighted by Crippen LogP contribution is 1.98. The molecule has 0 saturated carbocycles. The average Bonchev–Trinajstić information content (AvgIpc) is 2.17. The molecule has 0 bridgehead atoms. The summed E-state index contributed by atoms with van der Waals surface area (Å²) in [6.07, 6.45) is 4.31. The van der Waals surface area contributed by atoms with Gasteiger partial charge in [0, 0.05) is 13.2 Å². The average molecular weight is 114 g/mol. The van der Waals surface area contributed by atoms with E-state index in [0.29, 0.717) is 0 Å². The first-order valence-corrected chi connectivity index (χ1v) is 3.06. The zero-order chi connectivity index (χ0) is 6.24. The summed E-state index contributed by atoms with van der Waals surface area (Å²) in [5.74, 6) is 0. The molecule has 1 aliphatic rings. The molecule has 8 heavy (non-hydrogen) atoms. The van der Waals surface area contributed by atoms with Crippen LogP contribution in [0.5, 0.6) is 0 Å². The summed E-state index contributed by atoms with van der Waals surface area (Å²) in [5, 5.41) is 0. The zero-order valence-electron chi connectivity index (χ0n) is 5.52. The van der Waals surface area contributed by atoms with E-state index in [1.54, 1.807) is 6.08 Å². The lowest BCUT2D eigenvalue weighted by Crippen LogP contribution is -1.74. The van der Waals surface area contributed by atoms with Crippen molar-refractivity contribution in [3.63, 3.8) is 0 Å². The van der Waals surface area contributed by atoms with Gasteiger partial charge in [-0.15, -0.1) is 6.58 Å². The molecule has 0 amide bonds. The molecule has 0 aliphatic carbocycles. The zero-order valence-corrected chi connectivity index (χ0v) is 5.52. The van der Waals surface area contributed by atoms with Crippen molar-refractivity contribution in [3.05, 3.63) is 12.7 Å². The molecule has 0 aromatic heterocycles. The Balaban J connectivity index is 0.000000145. The van der Waals surface area contributed by atoms with E-state index in [1.165, 1.54) is 12.8 Å². The van der Waals surface area contributed by atoms with Crippen molar-refractivity contribution in [2.24, 2.45) is 0 Å². The minimum Gasteiger partial charge on any atom is -0.381 e. The fourth-order valence-electron chi connectivity index (χ4n) is 0.510. The van der Waals surface area contributed by atoms with Gasteiger partial charge in [-0.1, -0.05) is 6.08 Å².